The number of halogens is 3. The molecule has 2 N–H and O–H groups in total. The zero-order chi connectivity index (χ0) is 20.7. The van der Waals surface area contributed by atoms with Crippen LogP contribution in [0.15, 0.2) is 30.3 Å². The van der Waals surface area contributed by atoms with Gasteiger partial charge in [0.05, 0.1) is 12.7 Å². The SMILES string of the molecule is COc1ccc(C(=O)Nc2ccc3c(c2C)CNCC3(C)C)cc1C(F)(F)F. The lowest BCUT2D eigenvalue weighted by atomic mass is 9.77. The Bertz CT molecular complexity index is 921. The summed E-state index contributed by atoms with van der Waals surface area (Å²) in [7, 11) is 1.16. The molecule has 0 fully saturated rings. The lowest BCUT2D eigenvalue weighted by Crippen LogP contribution is -2.39. The molecule has 0 aromatic heterocycles. The van der Waals surface area contributed by atoms with Crippen LogP contribution < -0.4 is 15.4 Å². The fraction of sp³-hybridized carbons (Fsp3) is 0.381. The number of nitrogens with one attached hydrogen (secondary N) is 2. The van der Waals surface area contributed by atoms with Crippen LogP contribution in [0.4, 0.5) is 18.9 Å². The lowest BCUT2D eigenvalue weighted by Gasteiger charge is -2.34. The maximum absolute atomic E-state index is 13.2. The molecule has 2 aromatic carbocycles. The van der Waals surface area contributed by atoms with E-state index in [9.17, 15) is 18.0 Å². The van der Waals surface area contributed by atoms with Crippen molar-refractivity contribution in [1.29, 1.82) is 0 Å². The van der Waals surface area contributed by atoms with Gasteiger partial charge in [-0.25, -0.2) is 0 Å². The largest absolute Gasteiger partial charge is 0.496 e. The van der Waals surface area contributed by atoms with Gasteiger partial charge in [0.2, 0.25) is 0 Å². The van der Waals surface area contributed by atoms with E-state index in [2.05, 4.69) is 24.5 Å². The highest BCUT2D eigenvalue weighted by atomic mass is 19.4. The number of rotatable bonds is 3. The summed E-state index contributed by atoms with van der Waals surface area (Å²) < 4.78 is 44.4. The minimum Gasteiger partial charge on any atom is -0.496 e. The molecule has 28 heavy (non-hydrogen) atoms. The summed E-state index contributed by atoms with van der Waals surface area (Å²) in [5, 5.41) is 6.11. The van der Waals surface area contributed by atoms with Crippen molar-refractivity contribution in [3.8, 4) is 5.75 Å². The molecule has 0 unspecified atom stereocenters. The molecule has 1 heterocycles. The first kappa shape index (κ1) is 20.2. The topological polar surface area (TPSA) is 50.4 Å². The van der Waals surface area contributed by atoms with Crippen LogP contribution in [0.5, 0.6) is 5.75 Å². The molecule has 7 heteroatoms. The van der Waals surface area contributed by atoms with Crippen molar-refractivity contribution in [2.75, 3.05) is 19.0 Å². The molecule has 0 bridgehead atoms. The standard InChI is InChI=1S/C21H23F3N2O2/c1-12-14-10-25-11-20(2,3)15(14)6-7-17(12)26-19(27)13-5-8-18(28-4)16(9-13)21(22,23)24/h5-9,25H,10-11H2,1-4H3,(H,26,27). The normalized spacial score (nSPS) is 15.7. The zero-order valence-electron chi connectivity index (χ0n) is 16.3. The predicted molar refractivity (Wildman–Crippen MR) is 102 cm³/mol. The van der Waals surface area contributed by atoms with Gasteiger partial charge in [-0.15, -0.1) is 0 Å². The van der Waals surface area contributed by atoms with Gasteiger partial charge in [0.15, 0.2) is 0 Å². The Morgan fingerprint density at radius 1 is 1.21 bits per heavy atom. The number of hydrogen-bond donors (Lipinski definition) is 2. The molecule has 150 valence electrons. The third-order valence-electron chi connectivity index (χ3n) is 5.21. The fourth-order valence-corrected chi connectivity index (χ4v) is 3.61. The van der Waals surface area contributed by atoms with Gasteiger partial charge in [-0.3, -0.25) is 4.79 Å². The van der Waals surface area contributed by atoms with Crippen LogP contribution in [0.3, 0.4) is 0 Å². The molecular weight excluding hydrogens is 369 g/mol. The van der Waals surface area contributed by atoms with Gasteiger partial charge in [-0.2, -0.15) is 13.2 Å². The molecule has 0 radical (unpaired) electrons. The van der Waals surface area contributed by atoms with Gasteiger partial charge < -0.3 is 15.4 Å². The number of methoxy groups -OCH3 is 1. The highest BCUT2D eigenvalue weighted by Crippen LogP contribution is 2.37. The van der Waals surface area contributed by atoms with Crippen molar-refractivity contribution in [1.82, 2.24) is 5.32 Å². The second kappa shape index (κ2) is 7.13. The molecule has 2 aromatic rings. The second-order valence-corrected chi connectivity index (χ2v) is 7.62. The maximum atomic E-state index is 13.2. The van der Waals surface area contributed by atoms with E-state index < -0.39 is 17.6 Å². The van der Waals surface area contributed by atoms with Crippen molar-refractivity contribution in [3.63, 3.8) is 0 Å². The number of anilines is 1. The van der Waals surface area contributed by atoms with Crippen LogP contribution in [0.2, 0.25) is 0 Å². The third-order valence-corrected chi connectivity index (χ3v) is 5.21. The molecule has 0 saturated heterocycles. The quantitative estimate of drug-likeness (QED) is 0.799. The van der Waals surface area contributed by atoms with E-state index in [1.54, 1.807) is 0 Å². The first-order valence-electron chi connectivity index (χ1n) is 8.95. The van der Waals surface area contributed by atoms with E-state index in [-0.39, 0.29) is 16.7 Å². The molecular formula is C21H23F3N2O2. The van der Waals surface area contributed by atoms with Gasteiger partial charge in [0.25, 0.3) is 5.91 Å². The molecule has 4 nitrogen and oxygen atoms in total. The Hall–Kier alpha value is -2.54. The van der Waals surface area contributed by atoms with E-state index >= 15 is 0 Å². The van der Waals surface area contributed by atoms with Crippen molar-refractivity contribution < 1.29 is 22.7 Å². The Morgan fingerprint density at radius 2 is 1.93 bits per heavy atom. The fourth-order valence-electron chi connectivity index (χ4n) is 3.61. The lowest BCUT2D eigenvalue weighted by molar-refractivity contribution is -0.138. The minimum atomic E-state index is -4.61. The highest BCUT2D eigenvalue weighted by Gasteiger charge is 2.35. The summed E-state index contributed by atoms with van der Waals surface area (Å²) in [5.74, 6) is -0.915. The van der Waals surface area contributed by atoms with Gasteiger partial charge in [0, 0.05) is 29.8 Å². The van der Waals surface area contributed by atoms with E-state index in [0.717, 1.165) is 36.9 Å². The van der Waals surface area contributed by atoms with Crippen molar-refractivity contribution in [2.24, 2.45) is 0 Å². The number of carbonyl (C=O) groups is 1. The molecule has 0 spiro atoms. The molecule has 1 amide bonds. The third kappa shape index (κ3) is 3.71. The maximum Gasteiger partial charge on any atom is 0.419 e. The Kier molecular flexibility index (Phi) is 5.14. The second-order valence-electron chi connectivity index (χ2n) is 7.62. The number of hydrogen-bond acceptors (Lipinski definition) is 3. The number of amides is 1. The van der Waals surface area contributed by atoms with Crippen LogP contribution in [-0.2, 0) is 18.1 Å². The van der Waals surface area contributed by atoms with Crippen LogP contribution in [-0.4, -0.2) is 19.6 Å². The Morgan fingerprint density at radius 3 is 2.57 bits per heavy atom. The molecule has 0 aliphatic carbocycles. The summed E-state index contributed by atoms with van der Waals surface area (Å²) in [6.07, 6.45) is -4.61. The molecule has 0 saturated carbocycles. The number of fused-ring (bicyclic) bond motifs is 1. The monoisotopic (exact) mass is 392 g/mol. The van der Waals surface area contributed by atoms with Crippen LogP contribution >= 0.6 is 0 Å². The first-order valence-corrected chi connectivity index (χ1v) is 8.95. The van der Waals surface area contributed by atoms with Gasteiger partial charge >= 0.3 is 6.18 Å². The van der Waals surface area contributed by atoms with E-state index in [0.29, 0.717) is 12.2 Å². The average Bonchev–Trinajstić information content (AvgIpc) is 2.62. The van der Waals surface area contributed by atoms with E-state index in [1.807, 2.05) is 19.1 Å². The summed E-state index contributed by atoms with van der Waals surface area (Å²) >= 11 is 0. The van der Waals surface area contributed by atoms with Crippen LogP contribution in [0.25, 0.3) is 0 Å². The molecule has 0 atom stereocenters. The summed E-state index contributed by atoms with van der Waals surface area (Å²) in [6, 6.07) is 7.08. The summed E-state index contributed by atoms with van der Waals surface area (Å²) in [5.41, 5.74) is 2.74. The molecule has 1 aliphatic rings. The Balaban J connectivity index is 1.92. The summed E-state index contributed by atoms with van der Waals surface area (Å²) in [4.78, 5) is 12.6. The van der Waals surface area contributed by atoms with Gasteiger partial charge in [-0.1, -0.05) is 19.9 Å². The highest BCUT2D eigenvalue weighted by molar-refractivity contribution is 6.05. The molecule has 1 aliphatic heterocycles. The van der Waals surface area contributed by atoms with Gasteiger partial charge in [-0.05, 0) is 47.9 Å². The van der Waals surface area contributed by atoms with Crippen molar-refractivity contribution >= 4 is 11.6 Å². The predicted octanol–water partition coefficient (Wildman–Crippen LogP) is 4.66. The van der Waals surface area contributed by atoms with Gasteiger partial charge in [0.1, 0.15) is 5.75 Å². The van der Waals surface area contributed by atoms with Crippen LogP contribution in [0.1, 0.15) is 46.5 Å². The van der Waals surface area contributed by atoms with Crippen molar-refractivity contribution in [3.05, 3.63) is 58.1 Å². The average molecular weight is 392 g/mol. The number of benzene rings is 2. The number of alkyl halides is 3. The van der Waals surface area contributed by atoms with Crippen LogP contribution in [0, 0.1) is 6.92 Å². The van der Waals surface area contributed by atoms with E-state index in [1.165, 1.54) is 11.6 Å². The summed E-state index contributed by atoms with van der Waals surface area (Å²) in [6.45, 7) is 7.75. The molecule has 3 rings (SSSR count). The van der Waals surface area contributed by atoms with Crippen molar-refractivity contribution in [2.45, 2.75) is 38.9 Å². The number of carbonyl (C=O) groups excluding carboxylic acids is 1. The van der Waals surface area contributed by atoms with E-state index in [4.69, 9.17) is 4.74 Å². The Labute approximate surface area is 162 Å². The smallest absolute Gasteiger partial charge is 0.419 e. The number of ether oxygens (including phenoxy) is 1. The zero-order valence-corrected chi connectivity index (χ0v) is 16.3. The first-order chi connectivity index (χ1) is 13.0. The minimum absolute atomic E-state index is 0.0293.